The van der Waals surface area contributed by atoms with Crippen molar-refractivity contribution in [3.63, 3.8) is 0 Å². The molecule has 34 heavy (non-hydrogen) atoms. The Morgan fingerprint density at radius 1 is 0.971 bits per heavy atom. The summed E-state index contributed by atoms with van der Waals surface area (Å²) >= 11 is 1.79. The first-order valence-electron chi connectivity index (χ1n) is 11.6. The fraction of sp³-hybridized carbons (Fsp3) is 0.346. The number of thiophene rings is 1. The van der Waals surface area contributed by atoms with Crippen LogP contribution in [0, 0.1) is 0 Å². The van der Waals surface area contributed by atoms with Crippen LogP contribution in [0.4, 0.5) is 0 Å². The van der Waals surface area contributed by atoms with E-state index in [0.29, 0.717) is 31.1 Å². The molecule has 0 spiro atoms. The molecule has 0 aliphatic carbocycles. The highest BCUT2D eigenvalue weighted by molar-refractivity contribution is 7.89. The summed E-state index contributed by atoms with van der Waals surface area (Å²) in [6.45, 7) is 4.15. The Bertz CT molecular complexity index is 1240. The average molecular weight is 496 g/mol. The topological polar surface area (TPSA) is 60.9 Å². The van der Waals surface area contributed by atoms with E-state index in [4.69, 9.17) is 0 Å². The monoisotopic (exact) mass is 495 g/mol. The molecule has 2 aliphatic rings. The van der Waals surface area contributed by atoms with Crippen molar-refractivity contribution in [3.05, 3.63) is 88.1 Å². The van der Waals surface area contributed by atoms with E-state index in [2.05, 4.69) is 28.5 Å². The number of carbonyl (C=O) groups excluding carboxylic acids is 1. The molecule has 6 nitrogen and oxygen atoms in total. The molecule has 0 saturated carbocycles. The summed E-state index contributed by atoms with van der Waals surface area (Å²) in [6, 6.07) is 20.9. The van der Waals surface area contributed by atoms with E-state index in [0.717, 1.165) is 13.0 Å². The minimum atomic E-state index is -3.57. The van der Waals surface area contributed by atoms with Gasteiger partial charge in [0.1, 0.15) is 0 Å². The number of benzene rings is 2. The Balaban J connectivity index is 1.30. The molecule has 0 radical (unpaired) electrons. The zero-order valence-electron chi connectivity index (χ0n) is 19.2. The fourth-order valence-electron chi connectivity index (χ4n) is 5.09. The number of piperazine rings is 1. The molecule has 0 bridgehead atoms. The number of carbonyl (C=O) groups is 1. The highest BCUT2D eigenvalue weighted by Crippen LogP contribution is 2.37. The maximum atomic E-state index is 13.4. The molecule has 1 amide bonds. The molecule has 2 aliphatic heterocycles. The standard InChI is InChI=1S/C26H29N3O3S2/c1-20-18-27(15-16-29(20)34(31,32)22-10-6-3-7-11-22)25(30)19-28-14-12-24-23(13-17-33-24)26(28)21-8-4-2-5-9-21/h2-11,13,17,20,26H,12,14-16,18-19H2,1H3. The number of sulfonamides is 1. The van der Waals surface area contributed by atoms with Crippen molar-refractivity contribution in [2.24, 2.45) is 0 Å². The lowest BCUT2D eigenvalue weighted by Gasteiger charge is -2.41. The zero-order chi connectivity index (χ0) is 23.7. The molecule has 2 aromatic carbocycles. The van der Waals surface area contributed by atoms with Crippen LogP contribution in [0.3, 0.4) is 0 Å². The van der Waals surface area contributed by atoms with Crippen molar-refractivity contribution >= 4 is 27.3 Å². The van der Waals surface area contributed by atoms with Crippen LogP contribution in [-0.4, -0.2) is 67.2 Å². The SMILES string of the molecule is CC1CN(C(=O)CN2CCc3sccc3C2c2ccccc2)CCN1S(=O)(=O)c1ccccc1. The maximum Gasteiger partial charge on any atom is 0.243 e. The van der Waals surface area contributed by atoms with Gasteiger partial charge in [0.25, 0.3) is 0 Å². The van der Waals surface area contributed by atoms with Crippen molar-refractivity contribution in [2.75, 3.05) is 32.7 Å². The third kappa shape index (κ3) is 4.43. The molecular formula is C26H29N3O3S2. The summed E-state index contributed by atoms with van der Waals surface area (Å²) in [6.07, 6.45) is 0.948. The Kier molecular flexibility index (Phi) is 6.57. The van der Waals surface area contributed by atoms with Gasteiger partial charge in [0.05, 0.1) is 17.5 Å². The molecule has 1 saturated heterocycles. The Morgan fingerprint density at radius 2 is 1.68 bits per heavy atom. The molecule has 8 heteroatoms. The molecule has 1 aromatic heterocycles. The van der Waals surface area contributed by atoms with Crippen molar-refractivity contribution < 1.29 is 13.2 Å². The van der Waals surface area contributed by atoms with Crippen LogP contribution in [0.15, 0.2) is 77.0 Å². The third-order valence-corrected chi connectivity index (χ3v) is 9.81. The van der Waals surface area contributed by atoms with Crippen LogP contribution in [0.2, 0.25) is 0 Å². The third-order valence-electron chi connectivity index (χ3n) is 6.79. The highest BCUT2D eigenvalue weighted by atomic mass is 32.2. The number of hydrogen-bond acceptors (Lipinski definition) is 5. The Labute approximate surface area is 205 Å². The van der Waals surface area contributed by atoms with Crippen molar-refractivity contribution in [2.45, 2.75) is 30.3 Å². The van der Waals surface area contributed by atoms with Crippen LogP contribution in [0.5, 0.6) is 0 Å². The lowest BCUT2D eigenvalue weighted by atomic mass is 9.93. The second kappa shape index (κ2) is 9.62. The molecule has 0 N–H and O–H groups in total. The van der Waals surface area contributed by atoms with Crippen molar-refractivity contribution in [3.8, 4) is 0 Å². The van der Waals surface area contributed by atoms with Gasteiger partial charge in [-0.05, 0) is 48.1 Å². The number of rotatable bonds is 5. The van der Waals surface area contributed by atoms with Gasteiger partial charge >= 0.3 is 0 Å². The molecule has 3 heterocycles. The normalized spacial score (nSPS) is 21.9. The summed E-state index contributed by atoms with van der Waals surface area (Å²) in [5.74, 6) is 0.0585. The molecule has 5 rings (SSSR count). The number of hydrogen-bond donors (Lipinski definition) is 0. The van der Waals surface area contributed by atoms with Gasteiger partial charge in [-0.15, -0.1) is 11.3 Å². The van der Waals surface area contributed by atoms with E-state index in [1.807, 2.05) is 30.0 Å². The zero-order valence-corrected chi connectivity index (χ0v) is 20.8. The lowest BCUT2D eigenvalue weighted by molar-refractivity contribution is -0.135. The van der Waals surface area contributed by atoms with Crippen LogP contribution in [0.25, 0.3) is 0 Å². The Hall–Kier alpha value is -2.52. The average Bonchev–Trinajstić information content (AvgIpc) is 3.33. The molecular weight excluding hydrogens is 466 g/mol. The van der Waals surface area contributed by atoms with Gasteiger partial charge in [-0.1, -0.05) is 48.5 Å². The van der Waals surface area contributed by atoms with E-state index >= 15 is 0 Å². The first-order chi connectivity index (χ1) is 16.4. The summed E-state index contributed by atoms with van der Waals surface area (Å²) in [5.41, 5.74) is 2.49. The maximum absolute atomic E-state index is 13.4. The van der Waals surface area contributed by atoms with Gasteiger partial charge in [-0.3, -0.25) is 9.69 Å². The number of fused-ring (bicyclic) bond motifs is 1. The molecule has 3 aromatic rings. The van der Waals surface area contributed by atoms with Crippen LogP contribution < -0.4 is 0 Å². The van der Waals surface area contributed by atoms with Gasteiger partial charge in [-0.2, -0.15) is 4.31 Å². The molecule has 2 unspecified atom stereocenters. The quantitative estimate of drug-likeness (QED) is 0.543. The predicted octanol–water partition coefficient (Wildman–Crippen LogP) is 3.62. The second-order valence-corrected chi connectivity index (χ2v) is 11.8. The predicted molar refractivity (Wildman–Crippen MR) is 134 cm³/mol. The minimum Gasteiger partial charge on any atom is -0.339 e. The lowest BCUT2D eigenvalue weighted by Crippen LogP contribution is -2.57. The first-order valence-corrected chi connectivity index (χ1v) is 14.0. The summed E-state index contributed by atoms with van der Waals surface area (Å²) < 4.78 is 27.7. The molecule has 1 fully saturated rings. The van der Waals surface area contributed by atoms with Gasteiger partial charge < -0.3 is 4.90 Å². The van der Waals surface area contributed by atoms with Crippen molar-refractivity contribution in [1.82, 2.24) is 14.1 Å². The number of amides is 1. The number of nitrogens with zero attached hydrogens (tertiary/aromatic N) is 3. The van der Waals surface area contributed by atoms with E-state index < -0.39 is 10.0 Å². The van der Waals surface area contributed by atoms with Crippen molar-refractivity contribution in [1.29, 1.82) is 0 Å². The van der Waals surface area contributed by atoms with Crippen LogP contribution >= 0.6 is 11.3 Å². The fourth-order valence-corrected chi connectivity index (χ4v) is 7.63. The van der Waals surface area contributed by atoms with E-state index in [-0.39, 0.29) is 18.0 Å². The van der Waals surface area contributed by atoms with Gasteiger partial charge in [0, 0.05) is 37.1 Å². The molecule has 2 atom stereocenters. The van der Waals surface area contributed by atoms with E-state index in [9.17, 15) is 13.2 Å². The highest BCUT2D eigenvalue weighted by Gasteiger charge is 2.37. The summed E-state index contributed by atoms with van der Waals surface area (Å²) in [7, 11) is -3.57. The second-order valence-electron chi connectivity index (χ2n) is 8.95. The van der Waals surface area contributed by atoms with Gasteiger partial charge in [0.2, 0.25) is 15.9 Å². The Morgan fingerprint density at radius 3 is 2.38 bits per heavy atom. The largest absolute Gasteiger partial charge is 0.339 e. The van der Waals surface area contributed by atoms with Gasteiger partial charge in [0.15, 0.2) is 0 Å². The summed E-state index contributed by atoms with van der Waals surface area (Å²) in [4.78, 5) is 19.2. The van der Waals surface area contributed by atoms with Crippen LogP contribution in [0.1, 0.15) is 29.0 Å². The van der Waals surface area contributed by atoms with Gasteiger partial charge in [-0.25, -0.2) is 8.42 Å². The van der Waals surface area contributed by atoms with E-state index in [1.54, 1.807) is 41.7 Å². The smallest absolute Gasteiger partial charge is 0.243 e. The minimum absolute atomic E-state index is 0.0585. The molecule has 178 valence electrons. The first kappa shape index (κ1) is 23.2. The van der Waals surface area contributed by atoms with Crippen LogP contribution in [-0.2, 0) is 21.2 Å². The summed E-state index contributed by atoms with van der Waals surface area (Å²) in [5, 5.41) is 2.14. The van der Waals surface area contributed by atoms with E-state index in [1.165, 1.54) is 20.3 Å².